The molecule has 80 valence electrons. The summed E-state index contributed by atoms with van der Waals surface area (Å²) in [6.45, 7) is 2.34. The van der Waals surface area contributed by atoms with Gasteiger partial charge in [-0.05, 0) is 6.42 Å². The Balaban J connectivity index is 3.16. The molecule has 0 bridgehead atoms. The topological polar surface area (TPSA) is 50.4 Å². The van der Waals surface area contributed by atoms with Crippen molar-refractivity contribution in [2.24, 2.45) is 0 Å². The number of nitrogens with one attached hydrogen (secondary N) is 2. The van der Waals surface area contributed by atoms with Gasteiger partial charge in [0.05, 0.1) is 6.54 Å². The van der Waals surface area contributed by atoms with Gasteiger partial charge >= 0.3 is 0 Å². The van der Waals surface area contributed by atoms with Crippen LogP contribution in [0.4, 0.5) is 0 Å². The lowest BCUT2D eigenvalue weighted by atomic mass is 10.4. The lowest BCUT2D eigenvalue weighted by molar-refractivity contribution is -0.120. The molecular formula is C10H18N2O2. The predicted octanol–water partition coefficient (Wildman–Crippen LogP) is -0.248. The van der Waals surface area contributed by atoms with Crippen molar-refractivity contribution in [3.63, 3.8) is 0 Å². The fraction of sp³-hybridized carbons (Fsp3) is 0.700. The Morgan fingerprint density at radius 1 is 1.50 bits per heavy atom. The van der Waals surface area contributed by atoms with E-state index < -0.39 is 0 Å². The lowest BCUT2D eigenvalue weighted by Gasteiger charge is -2.05. The van der Waals surface area contributed by atoms with Crippen LogP contribution < -0.4 is 10.6 Å². The van der Waals surface area contributed by atoms with Crippen molar-refractivity contribution in [2.45, 2.75) is 12.8 Å². The Hall–Kier alpha value is -1.05. The van der Waals surface area contributed by atoms with E-state index in [1.807, 2.05) is 0 Å². The van der Waals surface area contributed by atoms with E-state index in [2.05, 4.69) is 16.6 Å². The van der Waals surface area contributed by atoms with Crippen LogP contribution in [0.15, 0.2) is 0 Å². The second-order valence-electron chi connectivity index (χ2n) is 2.83. The number of carbonyl (C=O) groups is 1. The molecule has 4 heteroatoms. The molecule has 0 radical (unpaired) electrons. The van der Waals surface area contributed by atoms with Crippen LogP contribution in [0.1, 0.15) is 12.8 Å². The van der Waals surface area contributed by atoms with Gasteiger partial charge in [0, 0.05) is 33.2 Å². The Bertz CT molecular complexity index is 187. The van der Waals surface area contributed by atoms with Crippen molar-refractivity contribution in [3.05, 3.63) is 0 Å². The van der Waals surface area contributed by atoms with Gasteiger partial charge in [-0.1, -0.05) is 0 Å². The van der Waals surface area contributed by atoms with E-state index in [4.69, 9.17) is 11.2 Å². The first-order chi connectivity index (χ1) is 6.81. The molecule has 1 amide bonds. The third-order valence-corrected chi connectivity index (χ3v) is 1.58. The highest BCUT2D eigenvalue weighted by molar-refractivity contribution is 5.77. The minimum Gasteiger partial charge on any atom is -0.385 e. The number of terminal acetylenes is 1. The molecule has 14 heavy (non-hydrogen) atoms. The highest BCUT2D eigenvalue weighted by Crippen LogP contribution is 1.77. The summed E-state index contributed by atoms with van der Waals surface area (Å²) in [5, 5.41) is 5.70. The molecule has 0 aliphatic heterocycles. The van der Waals surface area contributed by atoms with E-state index >= 15 is 0 Å². The molecule has 0 atom stereocenters. The van der Waals surface area contributed by atoms with Gasteiger partial charge in [0.25, 0.3) is 0 Å². The third kappa shape index (κ3) is 9.04. The van der Waals surface area contributed by atoms with Gasteiger partial charge in [-0.25, -0.2) is 0 Å². The van der Waals surface area contributed by atoms with E-state index in [-0.39, 0.29) is 5.91 Å². The van der Waals surface area contributed by atoms with Crippen molar-refractivity contribution in [1.29, 1.82) is 0 Å². The number of carbonyl (C=O) groups excluding carboxylic acids is 1. The standard InChI is InChI=1S/C10H18N2O2/c1-3-4-6-11-9-10(13)12-7-5-8-14-2/h1,11H,4-9H2,2H3,(H,12,13). The fourth-order valence-electron chi connectivity index (χ4n) is 0.869. The number of ether oxygens (including phenoxy) is 1. The summed E-state index contributed by atoms with van der Waals surface area (Å²) in [6, 6.07) is 0. The molecule has 0 aliphatic carbocycles. The highest BCUT2D eigenvalue weighted by Gasteiger charge is 1.97. The molecule has 0 unspecified atom stereocenters. The van der Waals surface area contributed by atoms with Crippen LogP contribution >= 0.6 is 0 Å². The first-order valence-electron chi connectivity index (χ1n) is 4.71. The molecule has 4 nitrogen and oxygen atoms in total. The van der Waals surface area contributed by atoms with Gasteiger partial charge in [0.2, 0.25) is 5.91 Å². The smallest absolute Gasteiger partial charge is 0.233 e. The van der Waals surface area contributed by atoms with Gasteiger partial charge in [0.15, 0.2) is 0 Å². The first kappa shape index (κ1) is 12.9. The maximum atomic E-state index is 11.1. The van der Waals surface area contributed by atoms with E-state index in [9.17, 15) is 4.79 Å². The summed E-state index contributed by atoms with van der Waals surface area (Å²) in [4.78, 5) is 11.1. The fourth-order valence-corrected chi connectivity index (χ4v) is 0.869. The Labute approximate surface area is 85.4 Å². The molecule has 0 aliphatic rings. The predicted molar refractivity (Wildman–Crippen MR) is 55.8 cm³/mol. The summed E-state index contributed by atoms with van der Waals surface area (Å²) in [5.74, 6) is 2.49. The Morgan fingerprint density at radius 3 is 2.93 bits per heavy atom. The van der Waals surface area contributed by atoms with Crippen molar-refractivity contribution in [3.8, 4) is 12.3 Å². The number of rotatable bonds is 8. The van der Waals surface area contributed by atoms with Gasteiger partial charge in [-0.15, -0.1) is 12.3 Å². The molecule has 0 rings (SSSR count). The highest BCUT2D eigenvalue weighted by atomic mass is 16.5. The number of amides is 1. The zero-order valence-electron chi connectivity index (χ0n) is 8.64. The maximum absolute atomic E-state index is 11.1. The van der Waals surface area contributed by atoms with E-state index in [0.29, 0.717) is 32.7 Å². The first-order valence-corrected chi connectivity index (χ1v) is 4.71. The molecule has 0 aromatic carbocycles. The van der Waals surface area contributed by atoms with Gasteiger partial charge in [-0.3, -0.25) is 4.79 Å². The third-order valence-electron chi connectivity index (χ3n) is 1.58. The van der Waals surface area contributed by atoms with Crippen molar-refractivity contribution >= 4 is 5.91 Å². The van der Waals surface area contributed by atoms with Gasteiger partial charge in [0.1, 0.15) is 0 Å². The van der Waals surface area contributed by atoms with Crippen LogP contribution in [-0.4, -0.2) is 39.3 Å². The van der Waals surface area contributed by atoms with E-state index in [1.165, 1.54) is 0 Å². The average Bonchev–Trinajstić information content (AvgIpc) is 2.19. The lowest BCUT2D eigenvalue weighted by Crippen LogP contribution is -2.34. The maximum Gasteiger partial charge on any atom is 0.233 e. The Kier molecular flexibility index (Phi) is 9.28. The molecule has 0 aromatic heterocycles. The van der Waals surface area contributed by atoms with Crippen LogP contribution in [0.2, 0.25) is 0 Å². The SMILES string of the molecule is C#CCCNCC(=O)NCCCOC. The van der Waals surface area contributed by atoms with Crippen LogP contribution in [0.3, 0.4) is 0 Å². The molecule has 0 fully saturated rings. The summed E-state index contributed by atoms with van der Waals surface area (Å²) in [5.41, 5.74) is 0. The second kappa shape index (κ2) is 10.0. The molecule has 0 saturated heterocycles. The summed E-state index contributed by atoms with van der Waals surface area (Å²) in [7, 11) is 1.64. The van der Waals surface area contributed by atoms with Crippen LogP contribution in [0.5, 0.6) is 0 Å². The number of hydrogen-bond acceptors (Lipinski definition) is 3. The molecular weight excluding hydrogens is 180 g/mol. The van der Waals surface area contributed by atoms with Crippen molar-refractivity contribution in [2.75, 3.05) is 33.4 Å². The van der Waals surface area contributed by atoms with Crippen molar-refractivity contribution in [1.82, 2.24) is 10.6 Å². The van der Waals surface area contributed by atoms with E-state index in [1.54, 1.807) is 7.11 Å². The molecule has 0 heterocycles. The number of methoxy groups -OCH3 is 1. The van der Waals surface area contributed by atoms with Gasteiger partial charge < -0.3 is 15.4 Å². The molecule has 0 aromatic rings. The molecule has 0 saturated carbocycles. The zero-order chi connectivity index (χ0) is 10.6. The average molecular weight is 198 g/mol. The van der Waals surface area contributed by atoms with Crippen LogP contribution in [-0.2, 0) is 9.53 Å². The summed E-state index contributed by atoms with van der Waals surface area (Å²) in [6.07, 6.45) is 6.54. The largest absolute Gasteiger partial charge is 0.385 e. The van der Waals surface area contributed by atoms with Crippen molar-refractivity contribution < 1.29 is 9.53 Å². The van der Waals surface area contributed by atoms with Gasteiger partial charge in [-0.2, -0.15) is 0 Å². The molecule has 0 spiro atoms. The zero-order valence-corrected chi connectivity index (χ0v) is 8.64. The summed E-state index contributed by atoms with van der Waals surface area (Å²) >= 11 is 0. The number of hydrogen-bond donors (Lipinski definition) is 2. The minimum atomic E-state index is -0.00174. The summed E-state index contributed by atoms with van der Waals surface area (Å²) < 4.78 is 4.85. The van der Waals surface area contributed by atoms with E-state index in [0.717, 1.165) is 6.42 Å². The Morgan fingerprint density at radius 2 is 2.29 bits per heavy atom. The normalized spacial score (nSPS) is 9.43. The second-order valence-corrected chi connectivity index (χ2v) is 2.83. The molecule has 2 N–H and O–H groups in total. The quantitative estimate of drug-likeness (QED) is 0.418. The van der Waals surface area contributed by atoms with Crippen LogP contribution in [0, 0.1) is 12.3 Å². The van der Waals surface area contributed by atoms with Crippen LogP contribution in [0.25, 0.3) is 0 Å². The monoisotopic (exact) mass is 198 g/mol. The minimum absolute atomic E-state index is 0.00174.